The Morgan fingerprint density at radius 1 is 1.06 bits per heavy atom. The van der Waals surface area contributed by atoms with Crippen LogP contribution >= 0.6 is 0 Å². The summed E-state index contributed by atoms with van der Waals surface area (Å²) >= 11 is 0. The van der Waals surface area contributed by atoms with Crippen molar-refractivity contribution in [3.8, 4) is 11.5 Å². The molecule has 1 amide bonds. The second-order valence-electron chi connectivity index (χ2n) is 7.37. The van der Waals surface area contributed by atoms with E-state index in [-0.39, 0.29) is 12.5 Å². The lowest BCUT2D eigenvalue weighted by atomic mass is 10.0. The highest BCUT2D eigenvalue weighted by Gasteiger charge is 2.08. The maximum atomic E-state index is 12.2. The number of nitrogens with one attached hydrogen (secondary N) is 1. The first-order chi connectivity index (χ1) is 15.1. The molecular formula is C25H29N3O3. The molecule has 0 radical (unpaired) electrons. The lowest BCUT2D eigenvalue weighted by molar-refractivity contribution is -0.123. The fourth-order valence-electron chi connectivity index (χ4n) is 3.06. The van der Waals surface area contributed by atoms with Gasteiger partial charge in [-0.05, 0) is 35.4 Å². The molecule has 0 saturated carbocycles. The van der Waals surface area contributed by atoms with E-state index in [0.29, 0.717) is 12.4 Å². The molecule has 1 N–H and O–H groups in total. The van der Waals surface area contributed by atoms with Crippen molar-refractivity contribution in [2.45, 2.75) is 19.8 Å². The number of ether oxygens (including phenoxy) is 2. The van der Waals surface area contributed by atoms with E-state index in [9.17, 15) is 4.79 Å². The third-order valence-electron chi connectivity index (χ3n) is 4.77. The summed E-state index contributed by atoms with van der Waals surface area (Å²) in [5, 5.41) is 6.25. The molecule has 162 valence electrons. The van der Waals surface area contributed by atoms with Gasteiger partial charge in [-0.25, -0.2) is 5.43 Å². The Morgan fingerprint density at radius 3 is 2.71 bits per heavy atom. The molecular weight excluding hydrogens is 390 g/mol. The molecule has 3 aromatic rings. The molecule has 6 nitrogen and oxygen atoms in total. The minimum atomic E-state index is -0.333. The Labute approximate surface area is 183 Å². The molecule has 0 bridgehead atoms. The first-order valence-electron chi connectivity index (χ1n) is 10.4. The molecule has 0 unspecified atom stereocenters. The number of nitrogens with zero attached hydrogens (tertiary/aromatic N) is 2. The Morgan fingerprint density at radius 2 is 1.90 bits per heavy atom. The highest BCUT2D eigenvalue weighted by Crippen LogP contribution is 2.27. The Kier molecular flexibility index (Phi) is 7.87. The number of benzene rings is 3. The maximum Gasteiger partial charge on any atom is 0.277 e. The van der Waals surface area contributed by atoms with E-state index < -0.39 is 0 Å². The molecule has 0 saturated heterocycles. The predicted octanol–water partition coefficient (Wildman–Crippen LogP) is 4.61. The molecule has 31 heavy (non-hydrogen) atoms. The summed E-state index contributed by atoms with van der Waals surface area (Å²) in [5.74, 6) is 1.05. The van der Waals surface area contributed by atoms with Gasteiger partial charge in [0.2, 0.25) is 0 Å². The highest BCUT2D eigenvalue weighted by molar-refractivity contribution is 6.02. The summed E-state index contributed by atoms with van der Waals surface area (Å²) in [4.78, 5) is 14.2. The van der Waals surface area contributed by atoms with E-state index in [1.807, 2.05) is 79.7 Å². The van der Waals surface area contributed by atoms with Crippen LogP contribution in [0.15, 0.2) is 65.8 Å². The van der Waals surface area contributed by atoms with Crippen molar-refractivity contribution < 1.29 is 14.3 Å². The SMILES string of the molecule is CCCCOc1ccc2ccccc2c1/C=N/NC(=O)COc1cccc(N(C)C)c1. The summed E-state index contributed by atoms with van der Waals surface area (Å²) in [5.41, 5.74) is 4.38. The fourth-order valence-corrected chi connectivity index (χ4v) is 3.06. The second-order valence-corrected chi connectivity index (χ2v) is 7.37. The Hall–Kier alpha value is -3.54. The highest BCUT2D eigenvalue weighted by atomic mass is 16.5. The molecule has 0 spiro atoms. The molecule has 0 aromatic heterocycles. The van der Waals surface area contributed by atoms with Gasteiger partial charge in [-0.15, -0.1) is 0 Å². The number of carbonyl (C=O) groups excluding carboxylic acids is 1. The average molecular weight is 420 g/mol. The van der Waals surface area contributed by atoms with Gasteiger partial charge in [0.15, 0.2) is 6.61 Å². The zero-order valence-corrected chi connectivity index (χ0v) is 18.3. The van der Waals surface area contributed by atoms with E-state index >= 15 is 0 Å². The van der Waals surface area contributed by atoms with Crippen molar-refractivity contribution in [3.63, 3.8) is 0 Å². The summed E-state index contributed by atoms with van der Waals surface area (Å²) < 4.78 is 11.5. The Balaban J connectivity index is 1.66. The normalized spacial score (nSPS) is 10.9. The summed E-state index contributed by atoms with van der Waals surface area (Å²) in [7, 11) is 3.90. The summed E-state index contributed by atoms with van der Waals surface area (Å²) in [6.07, 6.45) is 3.67. The fraction of sp³-hybridized carbons (Fsp3) is 0.280. The second kappa shape index (κ2) is 11.0. The Bertz CT molecular complexity index is 1050. The lowest BCUT2D eigenvalue weighted by Crippen LogP contribution is -2.24. The van der Waals surface area contributed by atoms with Gasteiger partial charge in [-0.2, -0.15) is 5.10 Å². The first-order valence-corrected chi connectivity index (χ1v) is 10.4. The molecule has 3 rings (SSSR count). The molecule has 0 aliphatic carbocycles. The molecule has 6 heteroatoms. The number of unbranched alkanes of at least 4 members (excludes halogenated alkanes) is 1. The van der Waals surface area contributed by atoms with Crippen LogP contribution in [0.2, 0.25) is 0 Å². The maximum absolute atomic E-state index is 12.2. The molecule has 3 aromatic carbocycles. The first kappa shape index (κ1) is 22.2. The van der Waals surface area contributed by atoms with Gasteiger partial charge in [-0.3, -0.25) is 4.79 Å². The number of anilines is 1. The molecule has 0 heterocycles. The van der Waals surface area contributed by atoms with Crippen LogP contribution in [0.3, 0.4) is 0 Å². The van der Waals surface area contributed by atoms with Crippen molar-refractivity contribution in [1.29, 1.82) is 0 Å². The monoisotopic (exact) mass is 419 g/mol. The van der Waals surface area contributed by atoms with Crippen molar-refractivity contribution in [1.82, 2.24) is 5.43 Å². The topological polar surface area (TPSA) is 63.2 Å². The molecule has 0 atom stereocenters. The third-order valence-corrected chi connectivity index (χ3v) is 4.77. The number of fused-ring (bicyclic) bond motifs is 1. The van der Waals surface area contributed by atoms with Crippen LogP contribution < -0.4 is 19.8 Å². The smallest absolute Gasteiger partial charge is 0.277 e. The van der Waals surface area contributed by atoms with Crippen LogP contribution in [-0.2, 0) is 4.79 Å². The standard InChI is InChI=1S/C25H29N3O3/c1-4-5-15-30-24-14-13-19-9-6-7-12-22(19)23(24)17-26-27-25(29)18-31-21-11-8-10-20(16-21)28(2)3/h6-14,16-17H,4-5,15,18H2,1-3H3,(H,27,29)/b26-17+. The summed E-state index contributed by atoms with van der Waals surface area (Å²) in [6, 6.07) is 19.6. The minimum Gasteiger partial charge on any atom is -0.493 e. The number of rotatable bonds is 10. The van der Waals surface area contributed by atoms with Crippen molar-refractivity contribution >= 4 is 28.6 Å². The number of hydrogen-bond donors (Lipinski definition) is 1. The zero-order chi connectivity index (χ0) is 22.1. The van der Waals surface area contributed by atoms with Gasteiger partial charge in [0.25, 0.3) is 5.91 Å². The summed E-state index contributed by atoms with van der Waals surface area (Å²) in [6.45, 7) is 2.64. The number of hydrogen-bond acceptors (Lipinski definition) is 5. The van der Waals surface area contributed by atoms with E-state index in [0.717, 1.165) is 40.6 Å². The molecule has 0 fully saturated rings. The molecule has 0 aliphatic rings. The van der Waals surface area contributed by atoms with Gasteiger partial charge in [0.05, 0.1) is 12.8 Å². The predicted molar refractivity (Wildman–Crippen MR) is 126 cm³/mol. The zero-order valence-electron chi connectivity index (χ0n) is 18.3. The number of hydrazone groups is 1. The van der Waals surface area contributed by atoms with Gasteiger partial charge in [-0.1, -0.05) is 49.7 Å². The minimum absolute atomic E-state index is 0.121. The van der Waals surface area contributed by atoms with E-state index in [1.165, 1.54) is 0 Å². The van der Waals surface area contributed by atoms with Crippen LogP contribution in [0, 0.1) is 0 Å². The van der Waals surface area contributed by atoms with Crippen LogP contribution in [0.25, 0.3) is 10.8 Å². The van der Waals surface area contributed by atoms with Crippen LogP contribution in [0.1, 0.15) is 25.3 Å². The van der Waals surface area contributed by atoms with Gasteiger partial charge >= 0.3 is 0 Å². The average Bonchev–Trinajstić information content (AvgIpc) is 2.79. The van der Waals surface area contributed by atoms with E-state index in [4.69, 9.17) is 9.47 Å². The van der Waals surface area contributed by atoms with E-state index in [2.05, 4.69) is 17.5 Å². The van der Waals surface area contributed by atoms with Gasteiger partial charge in [0.1, 0.15) is 11.5 Å². The van der Waals surface area contributed by atoms with Crippen molar-refractivity contribution in [2.24, 2.45) is 5.10 Å². The number of carbonyl (C=O) groups is 1. The van der Waals surface area contributed by atoms with Crippen LogP contribution in [0.5, 0.6) is 11.5 Å². The largest absolute Gasteiger partial charge is 0.493 e. The van der Waals surface area contributed by atoms with Crippen molar-refractivity contribution in [3.05, 3.63) is 66.2 Å². The van der Waals surface area contributed by atoms with Crippen LogP contribution in [0.4, 0.5) is 5.69 Å². The van der Waals surface area contributed by atoms with Gasteiger partial charge in [0, 0.05) is 31.4 Å². The van der Waals surface area contributed by atoms with Gasteiger partial charge < -0.3 is 14.4 Å². The number of amides is 1. The lowest BCUT2D eigenvalue weighted by Gasteiger charge is -2.13. The third kappa shape index (κ3) is 6.22. The molecule has 0 aliphatic heterocycles. The quantitative estimate of drug-likeness (QED) is 0.296. The van der Waals surface area contributed by atoms with Crippen molar-refractivity contribution in [2.75, 3.05) is 32.2 Å². The van der Waals surface area contributed by atoms with Crippen LogP contribution in [-0.4, -0.2) is 39.4 Å². The van der Waals surface area contributed by atoms with E-state index in [1.54, 1.807) is 6.21 Å².